The van der Waals surface area contributed by atoms with Gasteiger partial charge in [-0.1, -0.05) is 6.07 Å². The molecule has 0 aliphatic carbocycles. The Kier molecular flexibility index (Phi) is 3.96. The molecule has 1 atom stereocenters. The van der Waals surface area contributed by atoms with Gasteiger partial charge in [0.1, 0.15) is 5.69 Å². The number of rotatable bonds is 3. The summed E-state index contributed by atoms with van der Waals surface area (Å²) in [6, 6.07) is 4.28. The zero-order valence-corrected chi connectivity index (χ0v) is 10.4. The van der Waals surface area contributed by atoms with Gasteiger partial charge in [-0.3, -0.25) is 14.9 Å². The van der Waals surface area contributed by atoms with Crippen molar-refractivity contribution in [2.24, 2.45) is 0 Å². The van der Waals surface area contributed by atoms with Crippen LogP contribution in [-0.4, -0.2) is 30.0 Å². The summed E-state index contributed by atoms with van der Waals surface area (Å²) in [4.78, 5) is 22.2. The fourth-order valence-corrected chi connectivity index (χ4v) is 2.15. The molecule has 0 spiro atoms. The first-order valence-corrected chi connectivity index (χ1v) is 6.14. The molecule has 1 aliphatic rings. The molecule has 1 amide bonds. The number of nitrogen functional groups attached to an aromatic ring is 1. The molecule has 7 heteroatoms. The third-order valence-corrected chi connectivity index (χ3v) is 3.16. The van der Waals surface area contributed by atoms with Gasteiger partial charge < -0.3 is 16.4 Å². The minimum atomic E-state index is -0.589. The first-order valence-electron chi connectivity index (χ1n) is 6.14. The Bertz CT molecular complexity index is 498. The number of nitro benzene ring substituents is 1. The van der Waals surface area contributed by atoms with E-state index in [-0.39, 0.29) is 28.9 Å². The van der Waals surface area contributed by atoms with E-state index in [0.717, 1.165) is 19.4 Å². The van der Waals surface area contributed by atoms with Gasteiger partial charge in [0.15, 0.2) is 0 Å². The van der Waals surface area contributed by atoms with Gasteiger partial charge in [-0.25, -0.2) is 0 Å². The van der Waals surface area contributed by atoms with Gasteiger partial charge in [0.25, 0.3) is 11.6 Å². The van der Waals surface area contributed by atoms with Crippen LogP contribution in [-0.2, 0) is 0 Å². The van der Waals surface area contributed by atoms with Gasteiger partial charge in [0.2, 0.25) is 0 Å². The predicted molar refractivity (Wildman–Crippen MR) is 70.9 cm³/mol. The van der Waals surface area contributed by atoms with Crippen molar-refractivity contribution in [3.63, 3.8) is 0 Å². The van der Waals surface area contributed by atoms with E-state index in [1.807, 2.05) is 0 Å². The highest BCUT2D eigenvalue weighted by Crippen LogP contribution is 2.24. The molecule has 1 fully saturated rings. The molecule has 1 saturated heterocycles. The summed E-state index contributed by atoms with van der Waals surface area (Å²) in [5, 5.41) is 16.8. The lowest BCUT2D eigenvalue weighted by molar-refractivity contribution is -0.383. The van der Waals surface area contributed by atoms with E-state index < -0.39 is 4.92 Å². The van der Waals surface area contributed by atoms with E-state index in [1.165, 1.54) is 18.2 Å². The van der Waals surface area contributed by atoms with Crippen molar-refractivity contribution in [2.75, 3.05) is 18.8 Å². The Labute approximate surface area is 110 Å². The lowest BCUT2D eigenvalue weighted by Crippen LogP contribution is -2.45. The van der Waals surface area contributed by atoms with Crippen molar-refractivity contribution in [3.8, 4) is 0 Å². The molecule has 1 unspecified atom stereocenters. The van der Waals surface area contributed by atoms with Crippen LogP contribution in [0.1, 0.15) is 23.2 Å². The van der Waals surface area contributed by atoms with Crippen molar-refractivity contribution in [2.45, 2.75) is 18.9 Å². The summed E-state index contributed by atoms with van der Waals surface area (Å²) >= 11 is 0. The molecule has 0 aromatic heterocycles. The normalized spacial score (nSPS) is 18.8. The highest BCUT2D eigenvalue weighted by atomic mass is 16.6. The number of nitrogens with zero attached hydrogens (tertiary/aromatic N) is 1. The third-order valence-electron chi connectivity index (χ3n) is 3.16. The first kappa shape index (κ1) is 13.3. The Hall–Kier alpha value is -2.15. The Morgan fingerprint density at radius 3 is 2.95 bits per heavy atom. The topological polar surface area (TPSA) is 110 Å². The number of carbonyl (C=O) groups excluding carboxylic acids is 1. The van der Waals surface area contributed by atoms with Gasteiger partial charge >= 0.3 is 0 Å². The van der Waals surface area contributed by atoms with Crippen molar-refractivity contribution < 1.29 is 9.72 Å². The number of anilines is 1. The summed E-state index contributed by atoms with van der Waals surface area (Å²) in [7, 11) is 0. The van der Waals surface area contributed by atoms with E-state index in [2.05, 4.69) is 10.6 Å². The molecule has 1 aromatic carbocycles. The van der Waals surface area contributed by atoms with Gasteiger partial charge in [0.05, 0.1) is 10.5 Å². The molecule has 2 rings (SSSR count). The predicted octanol–water partition coefficient (Wildman–Crippen LogP) is 0.659. The molecule has 7 nitrogen and oxygen atoms in total. The first-order chi connectivity index (χ1) is 9.09. The third kappa shape index (κ3) is 3.00. The Morgan fingerprint density at radius 2 is 2.32 bits per heavy atom. The van der Waals surface area contributed by atoms with E-state index in [9.17, 15) is 14.9 Å². The number of benzene rings is 1. The number of para-hydroxylation sites is 1. The average Bonchev–Trinajstić information content (AvgIpc) is 2.39. The highest BCUT2D eigenvalue weighted by molar-refractivity contribution is 6.01. The largest absolute Gasteiger partial charge is 0.393 e. The second-order valence-corrected chi connectivity index (χ2v) is 4.51. The quantitative estimate of drug-likeness (QED) is 0.422. The van der Waals surface area contributed by atoms with Crippen LogP contribution in [0.2, 0.25) is 0 Å². The van der Waals surface area contributed by atoms with Crippen LogP contribution >= 0.6 is 0 Å². The maximum absolute atomic E-state index is 12.1. The average molecular weight is 264 g/mol. The van der Waals surface area contributed by atoms with Crippen LogP contribution in [0.25, 0.3) is 0 Å². The minimum Gasteiger partial charge on any atom is -0.393 e. The zero-order valence-electron chi connectivity index (χ0n) is 10.4. The van der Waals surface area contributed by atoms with Gasteiger partial charge in [-0.2, -0.15) is 0 Å². The van der Waals surface area contributed by atoms with Gasteiger partial charge in [-0.15, -0.1) is 0 Å². The fraction of sp³-hybridized carbons (Fsp3) is 0.417. The summed E-state index contributed by atoms with van der Waals surface area (Å²) in [6.07, 6.45) is 1.89. The molecule has 1 heterocycles. The summed E-state index contributed by atoms with van der Waals surface area (Å²) in [5.41, 5.74) is 5.49. The van der Waals surface area contributed by atoms with E-state index in [1.54, 1.807) is 0 Å². The lowest BCUT2D eigenvalue weighted by atomic mass is 10.1. The zero-order chi connectivity index (χ0) is 13.8. The molecular weight excluding hydrogens is 248 g/mol. The van der Waals surface area contributed by atoms with Crippen LogP contribution in [0.3, 0.4) is 0 Å². The van der Waals surface area contributed by atoms with E-state index in [0.29, 0.717) is 6.54 Å². The number of nitrogens with one attached hydrogen (secondary N) is 2. The summed E-state index contributed by atoms with van der Waals surface area (Å²) in [6.45, 7) is 1.66. The maximum Gasteiger partial charge on any atom is 0.292 e. The van der Waals surface area contributed by atoms with Crippen LogP contribution in [0.4, 0.5) is 11.4 Å². The SMILES string of the molecule is Nc1c(C(=O)NC2CCCNC2)cccc1[N+](=O)[O-]. The second kappa shape index (κ2) is 5.66. The second-order valence-electron chi connectivity index (χ2n) is 4.51. The standard InChI is InChI=1S/C12H16N4O3/c13-11-9(4-1-5-10(11)16(18)19)12(17)15-8-3-2-6-14-7-8/h1,4-5,8,14H,2-3,6-7,13H2,(H,15,17). The summed E-state index contributed by atoms with van der Waals surface area (Å²) < 4.78 is 0. The smallest absolute Gasteiger partial charge is 0.292 e. The van der Waals surface area contributed by atoms with Gasteiger partial charge in [0, 0.05) is 18.7 Å². The number of nitro groups is 1. The van der Waals surface area contributed by atoms with E-state index >= 15 is 0 Å². The van der Waals surface area contributed by atoms with Crippen LogP contribution < -0.4 is 16.4 Å². The van der Waals surface area contributed by atoms with Crippen LogP contribution in [0, 0.1) is 10.1 Å². The Balaban J connectivity index is 2.14. The number of hydrogen-bond donors (Lipinski definition) is 3. The monoisotopic (exact) mass is 264 g/mol. The highest BCUT2D eigenvalue weighted by Gasteiger charge is 2.21. The van der Waals surface area contributed by atoms with E-state index in [4.69, 9.17) is 5.73 Å². The fourth-order valence-electron chi connectivity index (χ4n) is 2.15. The number of carbonyl (C=O) groups is 1. The van der Waals surface area contributed by atoms with Crippen LogP contribution in [0.5, 0.6) is 0 Å². The molecule has 0 saturated carbocycles. The van der Waals surface area contributed by atoms with Gasteiger partial charge in [-0.05, 0) is 25.5 Å². The molecule has 0 bridgehead atoms. The molecule has 102 valence electrons. The maximum atomic E-state index is 12.1. The molecule has 1 aromatic rings. The molecule has 4 N–H and O–H groups in total. The Morgan fingerprint density at radius 1 is 1.53 bits per heavy atom. The molecule has 19 heavy (non-hydrogen) atoms. The van der Waals surface area contributed by atoms with Crippen molar-refractivity contribution in [1.82, 2.24) is 10.6 Å². The van der Waals surface area contributed by atoms with Crippen molar-refractivity contribution >= 4 is 17.3 Å². The summed E-state index contributed by atoms with van der Waals surface area (Å²) in [5.74, 6) is -0.366. The van der Waals surface area contributed by atoms with Crippen LogP contribution in [0.15, 0.2) is 18.2 Å². The van der Waals surface area contributed by atoms with Crippen molar-refractivity contribution in [1.29, 1.82) is 0 Å². The number of amides is 1. The van der Waals surface area contributed by atoms with Crippen molar-refractivity contribution in [3.05, 3.63) is 33.9 Å². The lowest BCUT2D eigenvalue weighted by Gasteiger charge is -2.24. The molecule has 1 aliphatic heterocycles. The molecule has 0 radical (unpaired) electrons. The minimum absolute atomic E-state index is 0.0416. The number of piperidine rings is 1. The number of hydrogen-bond acceptors (Lipinski definition) is 5. The number of nitrogens with two attached hydrogens (primary N) is 1. The molecular formula is C12H16N4O3.